The lowest BCUT2D eigenvalue weighted by molar-refractivity contribution is 0.0822. The SMILES string of the molecule is CCCNC(C)C(C)(C)CN(C)C1CCCCC1C. The Balaban J connectivity index is 2.50. The number of rotatable bonds is 7. The van der Waals surface area contributed by atoms with Gasteiger partial charge in [-0.25, -0.2) is 0 Å². The first-order valence-electron chi connectivity index (χ1n) is 8.32. The Labute approximate surface area is 121 Å². The summed E-state index contributed by atoms with van der Waals surface area (Å²) in [5.74, 6) is 0.869. The zero-order valence-corrected chi connectivity index (χ0v) is 14.1. The van der Waals surface area contributed by atoms with E-state index in [0.29, 0.717) is 11.5 Å². The van der Waals surface area contributed by atoms with E-state index in [0.717, 1.165) is 18.5 Å². The molecule has 0 aromatic carbocycles. The highest BCUT2D eigenvalue weighted by molar-refractivity contribution is 4.87. The summed E-state index contributed by atoms with van der Waals surface area (Å²) in [5, 5.41) is 3.67. The average molecular weight is 268 g/mol. The van der Waals surface area contributed by atoms with Crippen molar-refractivity contribution in [2.75, 3.05) is 20.1 Å². The molecule has 0 heterocycles. The number of hydrogen-bond acceptors (Lipinski definition) is 2. The van der Waals surface area contributed by atoms with Gasteiger partial charge in [0.1, 0.15) is 0 Å². The maximum absolute atomic E-state index is 3.67. The van der Waals surface area contributed by atoms with E-state index in [9.17, 15) is 0 Å². The molecule has 0 amide bonds. The van der Waals surface area contributed by atoms with Gasteiger partial charge >= 0.3 is 0 Å². The van der Waals surface area contributed by atoms with Crippen LogP contribution in [0.4, 0.5) is 0 Å². The van der Waals surface area contributed by atoms with Crippen molar-refractivity contribution in [2.24, 2.45) is 11.3 Å². The van der Waals surface area contributed by atoms with Gasteiger partial charge in [0, 0.05) is 18.6 Å². The molecule has 1 aliphatic carbocycles. The maximum atomic E-state index is 3.67. The van der Waals surface area contributed by atoms with Crippen LogP contribution in [0.2, 0.25) is 0 Å². The summed E-state index contributed by atoms with van der Waals surface area (Å²) in [6.45, 7) is 14.2. The Morgan fingerprint density at radius 3 is 2.47 bits per heavy atom. The predicted molar refractivity (Wildman–Crippen MR) is 85.6 cm³/mol. The highest BCUT2D eigenvalue weighted by Crippen LogP contribution is 2.30. The minimum Gasteiger partial charge on any atom is -0.314 e. The highest BCUT2D eigenvalue weighted by atomic mass is 15.1. The second kappa shape index (κ2) is 7.64. The summed E-state index contributed by atoms with van der Waals surface area (Å²) in [6.07, 6.45) is 6.88. The van der Waals surface area contributed by atoms with Crippen LogP contribution in [0.1, 0.15) is 66.7 Å². The van der Waals surface area contributed by atoms with Crippen LogP contribution in [-0.4, -0.2) is 37.1 Å². The van der Waals surface area contributed by atoms with Crippen LogP contribution in [0, 0.1) is 11.3 Å². The largest absolute Gasteiger partial charge is 0.314 e. The normalized spacial score (nSPS) is 26.7. The summed E-state index contributed by atoms with van der Waals surface area (Å²) in [5.41, 5.74) is 0.334. The number of hydrogen-bond donors (Lipinski definition) is 1. The molecule has 0 radical (unpaired) electrons. The van der Waals surface area contributed by atoms with Gasteiger partial charge in [-0.2, -0.15) is 0 Å². The molecule has 3 atom stereocenters. The fourth-order valence-corrected chi connectivity index (χ4v) is 3.49. The monoisotopic (exact) mass is 268 g/mol. The summed E-state index contributed by atoms with van der Waals surface area (Å²) < 4.78 is 0. The molecular formula is C17H36N2. The molecule has 0 spiro atoms. The standard InChI is InChI=1S/C17H36N2/c1-7-12-18-15(3)17(4,5)13-19(6)16-11-9-8-10-14(16)2/h14-16,18H,7-13H2,1-6H3. The lowest BCUT2D eigenvalue weighted by atomic mass is 9.81. The molecule has 1 aliphatic rings. The van der Waals surface area contributed by atoms with Gasteiger partial charge in [0.25, 0.3) is 0 Å². The first-order chi connectivity index (χ1) is 8.88. The van der Waals surface area contributed by atoms with Crippen LogP contribution < -0.4 is 5.32 Å². The van der Waals surface area contributed by atoms with Crippen LogP contribution in [0.15, 0.2) is 0 Å². The van der Waals surface area contributed by atoms with Crippen LogP contribution in [0.25, 0.3) is 0 Å². The van der Waals surface area contributed by atoms with Gasteiger partial charge in [0.15, 0.2) is 0 Å². The topological polar surface area (TPSA) is 15.3 Å². The Kier molecular flexibility index (Phi) is 6.82. The lowest BCUT2D eigenvalue weighted by Crippen LogP contribution is -2.50. The summed E-state index contributed by atoms with van der Waals surface area (Å²) in [6, 6.07) is 1.38. The molecule has 0 aromatic rings. The predicted octanol–water partition coefficient (Wildman–Crippen LogP) is 3.91. The van der Waals surface area contributed by atoms with Crippen molar-refractivity contribution in [3.63, 3.8) is 0 Å². The molecule has 2 heteroatoms. The van der Waals surface area contributed by atoms with Crippen molar-refractivity contribution in [3.8, 4) is 0 Å². The van der Waals surface area contributed by atoms with Crippen LogP contribution in [0.5, 0.6) is 0 Å². The highest BCUT2D eigenvalue weighted by Gasteiger charge is 2.31. The third-order valence-corrected chi connectivity index (χ3v) is 5.16. The van der Waals surface area contributed by atoms with E-state index in [4.69, 9.17) is 0 Å². The molecule has 0 aliphatic heterocycles. The molecule has 1 rings (SSSR count). The van der Waals surface area contributed by atoms with Crippen molar-refractivity contribution < 1.29 is 0 Å². The van der Waals surface area contributed by atoms with Crippen LogP contribution in [-0.2, 0) is 0 Å². The van der Waals surface area contributed by atoms with Crippen molar-refractivity contribution in [3.05, 3.63) is 0 Å². The number of nitrogens with zero attached hydrogens (tertiary/aromatic N) is 1. The minimum atomic E-state index is 0.334. The van der Waals surface area contributed by atoms with E-state index in [-0.39, 0.29) is 0 Å². The van der Waals surface area contributed by atoms with E-state index in [1.807, 2.05) is 0 Å². The molecule has 1 N–H and O–H groups in total. The first kappa shape index (κ1) is 17.0. The molecule has 0 bridgehead atoms. The van der Waals surface area contributed by atoms with Gasteiger partial charge < -0.3 is 10.2 Å². The van der Waals surface area contributed by atoms with Gasteiger partial charge in [0.2, 0.25) is 0 Å². The van der Waals surface area contributed by atoms with E-state index >= 15 is 0 Å². The Morgan fingerprint density at radius 2 is 1.89 bits per heavy atom. The van der Waals surface area contributed by atoms with Gasteiger partial charge in [-0.05, 0) is 51.1 Å². The molecule has 3 unspecified atom stereocenters. The maximum Gasteiger partial charge on any atom is 0.0118 e. The molecular weight excluding hydrogens is 232 g/mol. The summed E-state index contributed by atoms with van der Waals surface area (Å²) in [4.78, 5) is 2.63. The van der Waals surface area contributed by atoms with E-state index < -0.39 is 0 Å². The minimum absolute atomic E-state index is 0.334. The van der Waals surface area contributed by atoms with Crippen molar-refractivity contribution in [1.82, 2.24) is 10.2 Å². The van der Waals surface area contributed by atoms with Crippen molar-refractivity contribution in [1.29, 1.82) is 0 Å². The van der Waals surface area contributed by atoms with E-state index in [1.165, 1.54) is 38.6 Å². The van der Waals surface area contributed by atoms with Crippen LogP contribution in [0.3, 0.4) is 0 Å². The zero-order valence-electron chi connectivity index (χ0n) is 14.1. The lowest BCUT2D eigenvalue weighted by Gasteiger charge is -2.42. The van der Waals surface area contributed by atoms with E-state index in [2.05, 4.69) is 51.9 Å². The Bertz CT molecular complexity index is 250. The fraction of sp³-hybridized carbons (Fsp3) is 1.00. The fourth-order valence-electron chi connectivity index (χ4n) is 3.49. The molecule has 0 aromatic heterocycles. The third kappa shape index (κ3) is 5.07. The molecule has 19 heavy (non-hydrogen) atoms. The van der Waals surface area contributed by atoms with Crippen LogP contribution >= 0.6 is 0 Å². The van der Waals surface area contributed by atoms with Gasteiger partial charge in [-0.3, -0.25) is 0 Å². The Morgan fingerprint density at radius 1 is 1.26 bits per heavy atom. The quantitative estimate of drug-likeness (QED) is 0.753. The zero-order chi connectivity index (χ0) is 14.5. The molecule has 2 nitrogen and oxygen atoms in total. The third-order valence-electron chi connectivity index (χ3n) is 5.16. The average Bonchev–Trinajstić information content (AvgIpc) is 2.35. The second-order valence-corrected chi connectivity index (χ2v) is 7.41. The van der Waals surface area contributed by atoms with Crippen molar-refractivity contribution >= 4 is 0 Å². The van der Waals surface area contributed by atoms with Gasteiger partial charge in [-0.15, -0.1) is 0 Å². The number of nitrogens with one attached hydrogen (secondary N) is 1. The summed E-state index contributed by atoms with van der Waals surface area (Å²) in [7, 11) is 2.33. The Hall–Kier alpha value is -0.0800. The second-order valence-electron chi connectivity index (χ2n) is 7.41. The summed E-state index contributed by atoms with van der Waals surface area (Å²) >= 11 is 0. The van der Waals surface area contributed by atoms with Gasteiger partial charge in [0.05, 0.1) is 0 Å². The van der Waals surface area contributed by atoms with Gasteiger partial charge in [-0.1, -0.05) is 40.5 Å². The molecule has 1 saturated carbocycles. The molecule has 114 valence electrons. The van der Waals surface area contributed by atoms with Crippen molar-refractivity contribution in [2.45, 2.75) is 78.8 Å². The first-order valence-corrected chi connectivity index (χ1v) is 8.32. The molecule has 1 fully saturated rings. The molecule has 0 saturated heterocycles. The smallest absolute Gasteiger partial charge is 0.0118 e. The van der Waals surface area contributed by atoms with E-state index in [1.54, 1.807) is 0 Å².